The van der Waals surface area contributed by atoms with Gasteiger partial charge in [-0.2, -0.15) is 6.07 Å². The Morgan fingerprint density at radius 2 is 1.57 bits per heavy atom. The van der Waals surface area contributed by atoms with Gasteiger partial charge in [-0.25, -0.2) is 4.98 Å². The molecule has 0 saturated carbocycles. The molecule has 0 aliphatic carbocycles. The SMILES string of the molecule is Cc1cn(C)c(-c2[c-]c(Oc3[c-]c(Oc4ccccn4)ccc3)ccc2)n1.[Pt+2]. The van der Waals surface area contributed by atoms with Gasteiger partial charge in [0.2, 0.25) is 5.88 Å². The smallest absolute Gasteiger partial charge is 0.503 e. The Morgan fingerprint density at radius 1 is 0.857 bits per heavy atom. The third-order valence-corrected chi connectivity index (χ3v) is 3.82. The minimum absolute atomic E-state index is 0. The maximum atomic E-state index is 5.92. The first-order chi connectivity index (χ1) is 13.2. The quantitative estimate of drug-likeness (QED) is 0.330. The third kappa shape index (κ3) is 4.67. The topological polar surface area (TPSA) is 49.2 Å². The molecular formula is C22H17N3O2Pt. The number of imidazole rings is 1. The zero-order valence-electron chi connectivity index (χ0n) is 15.3. The van der Waals surface area contributed by atoms with Crippen LogP contribution in [0.2, 0.25) is 0 Å². The van der Waals surface area contributed by atoms with Crippen LogP contribution in [0.4, 0.5) is 0 Å². The normalized spacial score (nSPS) is 10.2. The molecule has 0 aliphatic rings. The van der Waals surface area contributed by atoms with Gasteiger partial charge in [-0.05, 0) is 13.0 Å². The molecule has 0 radical (unpaired) electrons. The first-order valence-electron chi connectivity index (χ1n) is 8.49. The van der Waals surface area contributed by atoms with Gasteiger partial charge in [0.15, 0.2) is 0 Å². The van der Waals surface area contributed by atoms with Crippen molar-refractivity contribution in [3.05, 3.63) is 84.8 Å². The molecule has 4 rings (SSSR count). The Bertz CT molecular complexity index is 1060. The fourth-order valence-electron chi connectivity index (χ4n) is 2.69. The zero-order chi connectivity index (χ0) is 18.6. The molecule has 0 aliphatic heterocycles. The summed E-state index contributed by atoms with van der Waals surface area (Å²) in [7, 11) is 1.96. The maximum absolute atomic E-state index is 5.92. The summed E-state index contributed by atoms with van der Waals surface area (Å²) in [4.78, 5) is 8.68. The van der Waals surface area contributed by atoms with Crippen molar-refractivity contribution in [1.82, 2.24) is 14.5 Å². The van der Waals surface area contributed by atoms with Gasteiger partial charge in [0.1, 0.15) is 0 Å². The summed E-state index contributed by atoms with van der Waals surface area (Å²) >= 11 is 0. The van der Waals surface area contributed by atoms with Gasteiger partial charge in [0, 0.05) is 48.5 Å². The molecule has 2 heterocycles. The Balaban J connectivity index is 0.00000225. The third-order valence-electron chi connectivity index (χ3n) is 3.82. The van der Waals surface area contributed by atoms with E-state index in [0.717, 1.165) is 17.1 Å². The number of aryl methyl sites for hydroxylation is 2. The average Bonchev–Trinajstić information content (AvgIpc) is 3.01. The predicted octanol–water partition coefficient (Wildman–Crippen LogP) is 4.97. The molecule has 2 aromatic heterocycles. The van der Waals surface area contributed by atoms with E-state index in [4.69, 9.17) is 9.47 Å². The summed E-state index contributed by atoms with van der Waals surface area (Å²) in [5, 5.41) is 0. The van der Waals surface area contributed by atoms with Crippen molar-refractivity contribution in [2.75, 3.05) is 0 Å². The molecule has 0 spiro atoms. The van der Waals surface area contributed by atoms with Crippen molar-refractivity contribution in [3.8, 4) is 34.5 Å². The first-order valence-corrected chi connectivity index (χ1v) is 8.49. The molecule has 0 unspecified atom stereocenters. The minimum atomic E-state index is 0. The van der Waals surface area contributed by atoms with Crippen LogP contribution in [-0.4, -0.2) is 14.5 Å². The van der Waals surface area contributed by atoms with Crippen LogP contribution in [0, 0.1) is 19.1 Å². The molecule has 4 aromatic rings. The molecule has 0 saturated heterocycles. The molecular weight excluding hydrogens is 533 g/mol. The summed E-state index contributed by atoms with van der Waals surface area (Å²) in [5.74, 6) is 2.99. The fourth-order valence-corrected chi connectivity index (χ4v) is 2.69. The molecule has 0 atom stereocenters. The zero-order valence-corrected chi connectivity index (χ0v) is 17.6. The number of rotatable bonds is 5. The van der Waals surface area contributed by atoms with E-state index in [9.17, 15) is 0 Å². The van der Waals surface area contributed by atoms with Crippen LogP contribution >= 0.6 is 0 Å². The van der Waals surface area contributed by atoms with E-state index in [1.807, 2.05) is 67.2 Å². The number of benzene rings is 2. The Labute approximate surface area is 178 Å². The minimum Gasteiger partial charge on any atom is -0.503 e. The second-order valence-electron chi connectivity index (χ2n) is 6.00. The first kappa shape index (κ1) is 19.8. The van der Waals surface area contributed by atoms with Gasteiger partial charge >= 0.3 is 21.1 Å². The largest absolute Gasteiger partial charge is 2.00 e. The van der Waals surface area contributed by atoms with Gasteiger partial charge in [-0.3, -0.25) is 4.98 Å². The molecule has 0 fully saturated rings. The van der Waals surface area contributed by atoms with E-state index < -0.39 is 0 Å². The predicted molar refractivity (Wildman–Crippen MR) is 102 cm³/mol. The van der Waals surface area contributed by atoms with E-state index in [0.29, 0.717) is 23.1 Å². The van der Waals surface area contributed by atoms with E-state index in [2.05, 4.69) is 22.1 Å². The van der Waals surface area contributed by atoms with Crippen molar-refractivity contribution in [1.29, 1.82) is 0 Å². The van der Waals surface area contributed by atoms with Gasteiger partial charge in [0.05, 0.1) is 5.82 Å². The molecule has 0 N–H and O–H groups in total. The average molecular weight is 550 g/mol. The monoisotopic (exact) mass is 550 g/mol. The van der Waals surface area contributed by atoms with Crippen molar-refractivity contribution in [3.63, 3.8) is 0 Å². The van der Waals surface area contributed by atoms with E-state index >= 15 is 0 Å². The van der Waals surface area contributed by atoms with Gasteiger partial charge in [0.25, 0.3) is 0 Å². The molecule has 0 amide bonds. The van der Waals surface area contributed by atoms with Crippen molar-refractivity contribution in [2.45, 2.75) is 6.92 Å². The number of aromatic nitrogens is 3. The summed E-state index contributed by atoms with van der Waals surface area (Å²) in [6.45, 7) is 1.96. The molecule has 2 aromatic carbocycles. The molecule has 5 nitrogen and oxygen atoms in total. The second kappa shape index (κ2) is 8.85. The summed E-state index contributed by atoms with van der Waals surface area (Å²) in [6, 6.07) is 23.0. The number of pyridine rings is 1. The second-order valence-corrected chi connectivity index (χ2v) is 6.00. The summed E-state index contributed by atoms with van der Waals surface area (Å²) in [6.07, 6.45) is 3.65. The van der Waals surface area contributed by atoms with E-state index in [1.165, 1.54) is 0 Å². The van der Waals surface area contributed by atoms with Crippen LogP contribution in [0.15, 0.2) is 67.0 Å². The van der Waals surface area contributed by atoms with Crippen LogP contribution in [0.25, 0.3) is 11.4 Å². The number of ether oxygens (including phenoxy) is 2. The summed E-state index contributed by atoms with van der Waals surface area (Å²) < 4.78 is 13.6. The number of hydrogen-bond acceptors (Lipinski definition) is 4. The van der Waals surface area contributed by atoms with Crippen LogP contribution in [0.1, 0.15) is 5.69 Å². The summed E-state index contributed by atoms with van der Waals surface area (Å²) in [5.41, 5.74) is 1.82. The van der Waals surface area contributed by atoms with Crippen molar-refractivity contribution in [2.24, 2.45) is 7.05 Å². The van der Waals surface area contributed by atoms with Crippen LogP contribution in [0.3, 0.4) is 0 Å². The van der Waals surface area contributed by atoms with Gasteiger partial charge in [-0.1, -0.05) is 18.2 Å². The van der Waals surface area contributed by atoms with Crippen LogP contribution < -0.4 is 9.47 Å². The van der Waals surface area contributed by atoms with E-state index in [-0.39, 0.29) is 21.1 Å². The standard InChI is InChI=1S/C22H17N3O2.Pt/c1-16-15-25(2)22(24-16)17-7-5-8-18(13-17)26-19-9-6-10-20(14-19)27-21-11-3-4-12-23-21;/h3-12,15H,1-2H3;/q-2;+2. The molecule has 0 bridgehead atoms. The molecule has 6 heteroatoms. The van der Waals surface area contributed by atoms with E-state index in [1.54, 1.807) is 18.3 Å². The van der Waals surface area contributed by atoms with Crippen LogP contribution in [0.5, 0.6) is 23.1 Å². The Kier molecular flexibility index (Phi) is 6.27. The number of nitrogens with zero attached hydrogens (tertiary/aromatic N) is 3. The van der Waals surface area contributed by atoms with Gasteiger partial charge < -0.3 is 14.0 Å². The van der Waals surface area contributed by atoms with Gasteiger partial charge in [-0.15, -0.1) is 35.9 Å². The van der Waals surface area contributed by atoms with Crippen molar-refractivity contribution < 1.29 is 30.5 Å². The Hall–Kier alpha value is -2.91. The van der Waals surface area contributed by atoms with Crippen LogP contribution in [-0.2, 0) is 28.1 Å². The molecule has 28 heavy (non-hydrogen) atoms. The van der Waals surface area contributed by atoms with Crippen molar-refractivity contribution >= 4 is 0 Å². The Morgan fingerprint density at radius 3 is 2.25 bits per heavy atom. The molecule has 142 valence electrons. The fraction of sp³-hybridized carbons (Fsp3) is 0.0909. The maximum Gasteiger partial charge on any atom is 2.00 e. The number of hydrogen-bond donors (Lipinski definition) is 0.